The number of aryl methyl sites for hydroxylation is 1. The van der Waals surface area contributed by atoms with Crippen LogP contribution in [0.5, 0.6) is 0 Å². The topological polar surface area (TPSA) is 58.2 Å². The first-order valence-electron chi connectivity index (χ1n) is 7.21. The Hall–Kier alpha value is -1.92. The predicted octanol–water partition coefficient (Wildman–Crippen LogP) is 4.29. The third-order valence-corrected chi connectivity index (χ3v) is 4.15. The first kappa shape index (κ1) is 18.4. The summed E-state index contributed by atoms with van der Waals surface area (Å²) < 4.78 is 1.89. The van der Waals surface area contributed by atoms with Crippen molar-refractivity contribution in [2.75, 3.05) is 11.9 Å². The minimum Gasteiger partial charge on any atom is -0.343 e. The molecule has 6 heteroatoms. The number of rotatable bonds is 5. The Balaban J connectivity index is 1.83. The molecule has 0 atom stereocenters. The quantitative estimate of drug-likeness (QED) is 0.666. The second kappa shape index (κ2) is 8.80. The summed E-state index contributed by atoms with van der Waals surface area (Å²) in [5.41, 5.74) is 2.56. The van der Waals surface area contributed by atoms with Crippen molar-refractivity contribution < 1.29 is 9.59 Å². The normalized spacial score (nSPS) is 10.6. The van der Waals surface area contributed by atoms with E-state index in [0.29, 0.717) is 0 Å². The number of carbonyl (C=O) groups excluding carboxylic acids is 2. The fourth-order valence-electron chi connectivity index (χ4n) is 1.97. The number of nitrogens with one attached hydrogen (secondary N) is 2. The summed E-state index contributed by atoms with van der Waals surface area (Å²) in [5.74, 6) is -0.595. The lowest BCUT2D eigenvalue weighted by atomic mass is 10.2. The van der Waals surface area contributed by atoms with Crippen molar-refractivity contribution in [1.29, 1.82) is 0 Å². The number of hydrogen-bond acceptors (Lipinski definition) is 2. The molecule has 124 valence electrons. The SMILES string of the molecule is Cc1cc(Br)ccc1NC(=O)CNC(=O)/C=C/c1cccc(Br)c1. The summed E-state index contributed by atoms with van der Waals surface area (Å²) in [5, 5.41) is 5.33. The highest BCUT2D eigenvalue weighted by Crippen LogP contribution is 2.19. The summed E-state index contributed by atoms with van der Waals surface area (Å²) in [7, 11) is 0. The van der Waals surface area contributed by atoms with Crippen molar-refractivity contribution in [3.63, 3.8) is 0 Å². The number of benzene rings is 2. The minimum absolute atomic E-state index is 0.0861. The molecular weight excluding hydrogens is 436 g/mol. The highest BCUT2D eigenvalue weighted by atomic mass is 79.9. The van der Waals surface area contributed by atoms with Gasteiger partial charge >= 0.3 is 0 Å². The van der Waals surface area contributed by atoms with Gasteiger partial charge in [0.05, 0.1) is 6.54 Å². The molecular formula is C18H16Br2N2O2. The molecule has 0 spiro atoms. The summed E-state index contributed by atoms with van der Waals surface area (Å²) in [6, 6.07) is 13.1. The van der Waals surface area contributed by atoms with Gasteiger partial charge in [0, 0.05) is 20.7 Å². The van der Waals surface area contributed by atoms with E-state index in [1.807, 2.05) is 49.4 Å². The molecule has 2 aromatic carbocycles. The number of halogens is 2. The molecule has 0 aromatic heterocycles. The monoisotopic (exact) mass is 450 g/mol. The van der Waals surface area contributed by atoms with E-state index in [1.54, 1.807) is 6.08 Å². The van der Waals surface area contributed by atoms with E-state index in [-0.39, 0.29) is 18.4 Å². The van der Waals surface area contributed by atoms with Crippen LogP contribution >= 0.6 is 31.9 Å². The summed E-state index contributed by atoms with van der Waals surface area (Å²) >= 11 is 6.74. The van der Waals surface area contributed by atoms with Crippen LogP contribution in [0.15, 0.2) is 57.5 Å². The number of amides is 2. The van der Waals surface area contributed by atoms with Crippen molar-refractivity contribution in [3.8, 4) is 0 Å². The molecule has 24 heavy (non-hydrogen) atoms. The molecule has 2 N–H and O–H groups in total. The van der Waals surface area contributed by atoms with Crippen molar-refractivity contribution in [1.82, 2.24) is 5.32 Å². The van der Waals surface area contributed by atoms with Crippen LogP contribution in [0.1, 0.15) is 11.1 Å². The zero-order valence-corrected chi connectivity index (χ0v) is 16.1. The third kappa shape index (κ3) is 5.94. The Morgan fingerprint density at radius 2 is 1.83 bits per heavy atom. The van der Waals surface area contributed by atoms with Gasteiger partial charge in [-0.15, -0.1) is 0 Å². The highest BCUT2D eigenvalue weighted by molar-refractivity contribution is 9.10. The Morgan fingerprint density at radius 3 is 2.54 bits per heavy atom. The second-order valence-electron chi connectivity index (χ2n) is 5.11. The molecule has 0 bridgehead atoms. The van der Waals surface area contributed by atoms with Gasteiger partial charge in [0.25, 0.3) is 0 Å². The van der Waals surface area contributed by atoms with Crippen LogP contribution in [-0.2, 0) is 9.59 Å². The molecule has 2 amide bonds. The maximum absolute atomic E-state index is 11.9. The summed E-state index contributed by atoms with van der Waals surface area (Å²) in [6.45, 7) is 1.82. The van der Waals surface area contributed by atoms with Crippen LogP contribution in [0.2, 0.25) is 0 Å². The fourth-order valence-corrected chi connectivity index (χ4v) is 2.86. The molecule has 0 aliphatic heterocycles. The lowest BCUT2D eigenvalue weighted by Gasteiger charge is -2.09. The van der Waals surface area contributed by atoms with Crippen molar-refractivity contribution in [2.45, 2.75) is 6.92 Å². The van der Waals surface area contributed by atoms with E-state index in [0.717, 1.165) is 25.8 Å². The molecule has 0 fully saturated rings. The molecule has 0 saturated heterocycles. The lowest BCUT2D eigenvalue weighted by Crippen LogP contribution is -2.31. The summed E-state index contributed by atoms with van der Waals surface area (Å²) in [6.07, 6.45) is 3.09. The fraction of sp³-hybridized carbons (Fsp3) is 0.111. The van der Waals surface area contributed by atoms with Crippen LogP contribution in [0.3, 0.4) is 0 Å². The highest BCUT2D eigenvalue weighted by Gasteiger charge is 2.06. The zero-order valence-electron chi connectivity index (χ0n) is 13.0. The van der Waals surface area contributed by atoms with Gasteiger partial charge in [-0.1, -0.05) is 44.0 Å². The van der Waals surface area contributed by atoms with E-state index in [1.165, 1.54) is 6.08 Å². The van der Waals surface area contributed by atoms with Crippen molar-refractivity contribution in [2.24, 2.45) is 0 Å². The third-order valence-electron chi connectivity index (χ3n) is 3.16. The average molecular weight is 452 g/mol. The first-order valence-corrected chi connectivity index (χ1v) is 8.80. The van der Waals surface area contributed by atoms with Crippen molar-refractivity contribution >= 4 is 55.4 Å². The van der Waals surface area contributed by atoms with Crippen LogP contribution in [-0.4, -0.2) is 18.4 Å². The maximum Gasteiger partial charge on any atom is 0.244 e. The molecule has 0 aliphatic carbocycles. The second-order valence-corrected chi connectivity index (χ2v) is 6.94. The lowest BCUT2D eigenvalue weighted by molar-refractivity contribution is -0.121. The smallest absolute Gasteiger partial charge is 0.244 e. The van der Waals surface area contributed by atoms with E-state index in [9.17, 15) is 9.59 Å². The van der Waals surface area contributed by atoms with E-state index in [2.05, 4.69) is 42.5 Å². The Morgan fingerprint density at radius 1 is 1.08 bits per heavy atom. The molecule has 0 saturated carbocycles. The minimum atomic E-state index is -0.322. The standard InChI is InChI=1S/C18H16Br2N2O2/c1-12-9-15(20)6-7-16(12)22-18(24)11-21-17(23)8-5-13-3-2-4-14(19)10-13/h2-10H,11H2,1H3,(H,21,23)(H,22,24)/b8-5+. The molecule has 0 unspecified atom stereocenters. The molecule has 2 aromatic rings. The molecule has 0 heterocycles. The molecule has 4 nitrogen and oxygen atoms in total. The van der Waals surface area contributed by atoms with Gasteiger partial charge in [-0.05, 0) is 54.5 Å². The molecule has 0 aliphatic rings. The van der Waals surface area contributed by atoms with Gasteiger partial charge in [0.1, 0.15) is 0 Å². The van der Waals surface area contributed by atoms with E-state index >= 15 is 0 Å². The van der Waals surface area contributed by atoms with Crippen LogP contribution in [0.4, 0.5) is 5.69 Å². The number of carbonyl (C=O) groups is 2. The van der Waals surface area contributed by atoms with Gasteiger partial charge < -0.3 is 10.6 Å². The van der Waals surface area contributed by atoms with Crippen LogP contribution < -0.4 is 10.6 Å². The van der Waals surface area contributed by atoms with Gasteiger partial charge in [-0.25, -0.2) is 0 Å². The largest absolute Gasteiger partial charge is 0.343 e. The number of hydrogen-bond donors (Lipinski definition) is 2. The Kier molecular flexibility index (Phi) is 6.75. The predicted molar refractivity (Wildman–Crippen MR) is 104 cm³/mol. The summed E-state index contributed by atoms with van der Waals surface area (Å²) in [4.78, 5) is 23.7. The maximum atomic E-state index is 11.9. The van der Waals surface area contributed by atoms with Crippen LogP contribution in [0.25, 0.3) is 6.08 Å². The number of anilines is 1. The molecule has 0 radical (unpaired) electrons. The first-order chi connectivity index (χ1) is 11.4. The van der Waals surface area contributed by atoms with E-state index < -0.39 is 0 Å². The van der Waals surface area contributed by atoms with Crippen molar-refractivity contribution in [3.05, 3.63) is 68.6 Å². The van der Waals surface area contributed by atoms with Gasteiger partial charge in [0.2, 0.25) is 11.8 Å². The Labute approximate surface area is 157 Å². The van der Waals surface area contributed by atoms with Gasteiger partial charge in [-0.3, -0.25) is 9.59 Å². The zero-order chi connectivity index (χ0) is 17.5. The average Bonchev–Trinajstić information content (AvgIpc) is 2.54. The Bertz CT molecular complexity index is 788. The van der Waals surface area contributed by atoms with E-state index in [4.69, 9.17) is 0 Å². The van der Waals surface area contributed by atoms with Crippen LogP contribution in [0, 0.1) is 6.92 Å². The van der Waals surface area contributed by atoms with Gasteiger partial charge in [0.15, 0.2) is 0 Å². The molecule has 2 rings (SSSR count). The van der Waals surface area contributed by atoms with Gasteiger partial charge in [-0.2, -0.15) is 0 Å².